The Balaban J connectivity index is 2.82. The van der Waals surface area contributed by atoms with Gasteiger partial charge in [0.05, 0.1) is 5.71 Å². The highest BCUT2D eigenvalue weighted by Gasteiger charge is 2.17. The van der Waals surface area contributed by atoms with Crippen LogP contribution in [0.1, 0.15) is 12.0 Å². The highest BCUT2D eigenvalue weighted by molar-refractivity contribution is 6.35. The summed E-state index contributed by atoms with van der Waals surface area (Å²) in [6, 6.07) is 6.77. The molecule has 2 N–H and O–H groups in total. The van der Waals surface area contributed by atoms with Crippen molar-refractivity contribution in [2.75, 3.05) is 6.61 Å². The number of hydrogen-bond acceptors (Lipinski definition) is 5. The molecule has 0 radical (unpaired) electrons. The Bertz CT molecular complexity index is 663. The molecule has 0 saturated carbocycles. The molecule has 0 aliphatic heterocycles. The van der Waals surface area contributed by atoms with Gasteiger partial charge in [-0.1, -0.05) is 35.0 Å². The van der Waals surface area contributed by atoms with Gasteiger partial charge in [-0.15, -0.1) is 0 Å². The second-order valence-corrected chi connectivity index (χ2v) is 3.97. The van der Waals surface area contributed by atoms with Crippen LogP contribution >= 0.6 is 11.6 Å². The van der Waals surface area contributed by atoms with Crippen molar-refractivity contribution in [1.29, 1.82) is 0 Å². The monoisotopic (exact) mass is 267 g/mol. The molecular formula is C12H10ClNO4. The molecule has 0 fully saturated rings. The van der Waals surface area contributed by atoms with E-state index in [-0.39, 0.29) is 23.8 Å². The minimum atomic E-state index is -0.704. The van der Waals surface area contributed by atoms with Gasteiger partial charge in [-0.25, -0.2) is 4.79 Å². The molecule has 0 saturated heterocycles. The zero-order chi connectivity index (χ0) is 13.1. The smallest absolute Gasteiger partial charge is 0.355 e. The molecule has 0 atom stereocenters. The van der Waals surface area contributed by atoms with E-state index in [1.54, 1.807) is 24.3 Å². The third kappa shape index (κ3) is 2.10. The number of fused-ring (bicyclic) bond motifs is 1. The molecule has 2 rings (SSSR count). The molecule has 1 aromatic heterocycles. The maximum absolute atomic E-state index is 11.6. The second-order valence-electron chi connectivity index (χ2n) is 3.59. The molecule has 5 nitrogen and oxygen atoms in total. The largest absolute Gasteiger partial charge is 0.422 e. The number of rotatable bonds is 3. The van der Waals surface area contributed by atoms with Crippen molar-refractivity contribution in [1.82, 2.24) is 0 Å². The highest BCUT2D eigenvalue weighted by atomic mass is 35.5. The average Bonchev–Trinajstić information content (AvgIpc) is 2.38. The lowest BCUT2D eigenvalue weighted by Gasteiger charge is -2.08. The molecule has 0 aliphatic carbocycles. The molecule has 94 valence electrons. The molecule has 6 heteroatoms. The number of aliphatic hydroxyl groups is 1. The number of hydrogen-bond donors (Lipinski definition) is 2. The molecule has 1 heterocycles. The van der Waals surface area contributed by atoms with E-state index >= 15 is 0 Å². The molecule has 0 spiro atoms. The van der Waals surface area contributed by atoms with Crippen molar-refractivity contribution < 1.29 is 14.7 Å². The Hall–Kier alpha value is -1.85. The first-order valence-electron chi connectivity index (χ1n) is 5.22. The number of nitrogens with zero attached hydrogens (tertiary/aromatic N) is 1. The maximum atomic E-state index is 11.6. The molecule has 18 heavy (non-hydrogen) atoms. The average molecular weight is 268 g/mol. The van der Waals surface area contributed by atoms with Gasteiger partial charge in [-0.05, 0) is 6.07 Å². The van der Waals surface area contributed by atoms with Crippen LogP contribution in [0.4, 0.5) is 0 Å². The van der Waals surface area contributed by atoms with E-state index in [0.29, 0.717) is 16.5 Å². The first-order valence-corrected chi connectivity index (χ1v) is 5.60. The van der Waals surface area contributed by atoms with Crippen LogP contribution in [-0.4, -0.2) is 22.6 Å². The molecule has 2 aromatic rings. The summed E-state index contributed by atoms with van der Waals surface area (Å²) in [4.78, 5) is 11.6. The Morgan fingerprint density at radius 1 is 1.39 bits per heavy atom. The molecule has 0 bridgehead atoms. The standard InChI is InChI=1S/C12H10ClNO4/c13-11-10(8(14-17)5-6-15)7-3-1-2-4-9(7)18-12(11)16/h1-4,15,17H,5-6H2. The summed E-state index contributed by atoms with van der Waals surface area (Å²) in [6.07, 6.45) is 0.0870. The highest BCUT2D eigenvalue weighted by Crippen LogP contribution is 2.24. The predicted octanol–water partition coefficient (Wildman–Crippen LogP) is 2.01. The third-order valence-corrected chi connectivity index (χ3v) is 2.86. The van der Waals surface area contributed by atoms with Gasteiger partial charge in [0.1, 0.15) is 10.6 Å². The Kier molecular flexibility index (Phi) is 3.64. The van der Waals surface area contributed by atoms with Gasteiger partial charge in [-0.3, -0.25) is 0 Å². The maximum Gasteiger partial charge on any atom is 0.355 e. The lowest BCUT2D eigenvalue weighted by Crippen LogP contribution is -2.11. The summed E-state index contributed by atoms with van der Waals surface area (Å²) < 4.78 is 5.02. The van der Waals surface area contributed by atoms with Crippen LogP contribution in [0.5, 0.6) is 0 Å². The summed E-state index contributed by atoms with van der Waals surface area (Å²) in [6.45, 7) is -0.218. The van der Waals surface area contributed by atoms with Crippen molar-refractivity contribution in [3.8, 4) is 0 Å². The fourth-order valence-corrected chi connectivity index (χ4v) is 1.99. The number of aliphatic hydroxyl groups excluding tert-OH is 1. The fourth-order valence-electron chi connectivity index (χ4n) is 1.74. The van der Waals surface area contributed by atoms with Crippen LogP contribution in [0.3, 0.4) is 0 Å². The normalized spacial score (nSPS) is 12.0. The van der Waals surface area contributed by atoms with Crippen LogP contribution in [0.25, 0.3) is 11.0 Å². The van der Waals surface area contributed by atoms with E-state index < -0.39 is 5.63 Å². The van der Waals surface area contributed by atoms with E-state index in [1.165, 1.54) is 0 Å². The molecule has 1 aromatic carbocycles. The molecule has 0 unspecified atom stereocenters. The molecule has 0 amide bonds. The zero-order valence-corrected chi connectivity index (χ0v) is 10.0. The summed E-state index contributed by atoms with van der Waals surface area (Å²) in [5.74, 6) is 0. The summed E-state index contributed by atoms with van der Waals surface area (Å²) in [7, 11) is 0. The van der Waals surface area contributed by atoms with Crippen LogP contribution in [0.15, 0.2) is 38.6 Å². The number of halogens is 1. The third-order valence-electron chi connectivity index (χ3n) is 2.52. The number of benzene rings is 1. The topological polar surface area (TPSA) is 83.0 Å². The minimum Gasteiger partial charge on any atom is -0.422 e. The second kappa shape index (κ2) is 5.20. The van der Waals surface area contributed by atoms with Crippen molar-refractivity contribution in [3.63, 3.8) is 0 Å². The Labute approximate surface area is 107 Å². The minimum absolute atomic E-state index is 0.0870. The summed E-state index contributed by atoms with van der Waals surface area (Å²) in [5.41, 5.74) is 0.0807. The van der Waals surface area contributed by atoms with Crippen molar-refractivity contribution in [2.24, 2.45) is 5.16 Å². The van der Waals surface area contributed by atoms with Gasteiger partial charge < -0.3 is 14.7 Å². The van der Waals surface area contributed by atoms with Crippen LogP contribution in [0, 0.1) is 0 Å². The van der Waals surface area contributed by atoms with Crippen molar-refractivity contribution in [3.05, 3.63) is 45.3 Å². The van der Waals surface area contributed by atoms with Crippen LogP contribution in [0.2, 0.25) is 5.02 Å². The van der Waals surface area contributed by atoms with Gasteiger partial charge in [0.2, 0.25) is 0 Å². The SMILES string of the molecule is O=c1oc2ccccc2c(C(CCO)=NO)c1Cl. The molecule has 0 aliphatic rings. The van der Waals surface area contributed by atoms with E-state index in [2.05, 4.69) is 5.16 Å². The predicted molar refractivity (Wildman–Crippen MR) is 67.5 cm³/mol. The first-order chi connectivity index (χ1) is 8.69. The summed E-state index contributed by atoms with van der Waals surface area (Å²) in [5, 5.41) is 21.4. The van der Waals surface area contributed by atoms with E-state index in [0.717, 1.165) is 0 Å². The van der Waals surface area contributed by atoms with Crippen LogP contribution < -0.4 is 5.63 Å². The number of oxime groups is 1. The first kappa shape index (κ1) is 12.6. The lowest BCUT2D eigenvalue weighted by molar-refractivity contribution is 0.295. The fraction of sp³-hybridized carbons (Fsp3) is 0.167. The van der Waals surface area contributed by atoms with E-state index in [9.17, 15) is 4.79 Å². The molecular weight excluding hydrogens is 258 g/mol. The van der Waals surface area contributed by atoms with Gasteiger partial charge in [-0.2, -0.15) is 0 Å². The Morgan fingerprint density at radius 3 is 2.78 bits per heavy atom. The van der Waals surface area contributed by atoms with E-state index in [1.807, 2.05) is 0 Å². The lowest BCUT2D eigenvalue weighted by atomic mass is 10.0. The number of para-hydroxylation sites is 1. The van der Waals surface area contributed by atoms with Crippen molar-refractivity contribution in [2.45, 2.75) is 6.42 Å². The Morgan fingerprint density at radius 2 is 2.11 bits per heavy atom. The van der Waals surface area contributed by atoms with Gasteiger partial charge in [0, 0.05) is 24.0 Å². The van der Waals surface area contributed by atoms with E-state index in [4.69, 9.17) is 26.3 Å². The summed E-state index contributed by atoms with van der Waals surface area (Å²) >= 11 is 5.90. The van der Waals surface area contributed by atoms with Crippen LogP contribution in [-0.2, 0) is 0 Å². The van der Waals surface area contributed by atoms with Gasteiger partial charge >= 0.3 is 5.63 Å². The van der Waals surface area contributed by atoms with Gasteiger partial charge in [0.15, 0.2) is 0 Å². The van der Waals surface area contributed by atoms with Crippen molar-refractivity contribution >= 4 is 28.3 Å². The quantitative estimate of drug-likeness (QED) is 0.386. The van der Waals surface area contributed by atoms with Gasteiger partial charge in [0.25, 0.3) is 0 Å². The zero-order valence-electron chi connectivity index (χ0n) is 9.26.